The Balaban J connectivity index is 2.16. The van der Waals surface area contributed by atoms with Gasteiger partial charge in [-0.15, -0.1) is 0 Å². The lowest BCUT2D eigenvalue weighted by Crippen LogP contribution is -2.02. The molecule has 2 rings (SSSR count). The zero-order valence-electron chi connectivity index (χ0n) is 10.7. The molecule has 0 atom stereocenters. The summed E-state index contributed by atoms with van der Waals surface area (Å²) in [5, 5.41) is 4.03. The highest BCUT2D eigenvalue weighted by Gasteiger charge is 2.05. The van der Waals surface area contributed by atoms with Crippen LogP contribution in [-0.4, -0.2) is 0 Å². The van der Waals surface area contributed by atoms with Gasteiger partial charge in [0, 0.05) is 16.0 Å². The largest absolute Gasteiger partial charge is 0.380 e. The minimum absolute atomic E-state index is 0.208. The topological polar surface area (TPSA) is 12.0 Å². The second-order valence-corrected chi connectivity index (χ2v) is 5.77. The van der Waals surface area contributed by atoms with E-state index in [2.05, 4.69) is 21.2 Å². The van der Waals surface area contributed by atoms with Gasteiger partial charge in [-0.25, -0.2) is 4.39 Å². The summed E-state index contributed by atoms with van der Waals surface area (Å²) in [6, 6.07) is 8.67. The Morgan fingerprint density at radius 1 is 1.16 bits per heavy atom. The van der Waals surface area contributed by atoms with Crippen molar-refractivity contribution in [2.45, 2.75) is 20.4 Å². The lowest BCUT2D eigenvalue weighted by molar-refractivity contribution is 0.625. The predicted molar refractivity (Wildman–Crippen MR) is 82.4 cm³/mol. The van der Waals surface area contributed by atoms with E-state index in [1.807, 2.05) is 26.0 Å². The van der Waals surface area contributed by atoms with Crippen LogP contribution in [0, 0.1) is 19.7 Å². The molecule has 19 heavy (non-hydrogen) atoms. The summed E-state index contributed by atoms with van der Waals surface area (Å²) in [7, 11) is 0. The van der Waals surface area contributed by atoms with E-state index in [1.54, 1.807) is 6.07 Å². The van der Waals surface area contributed by atoms with E-state index in [0.29, 0.717) is 6.54 Å². The number of nitrogens with one attached hydrogen (secondary N) is 1. The van der Waals surface area contributed by atoms with Gasteiger partial charge in [-0.2, -0.15) is 0 Å². The van der Waals surface area contributed by atoms with Crippen LogP contribution in [0.1, 0.15) is 16.7 Å². The van der Waals surface area contributed by atoms with Gasteiger partial charge in [0.2, 0.25) is 0 Å². The fourth-order valence-electron chi connectivity index (χ4n) is 1.83. The van der Waals surface area contributed by atoms with Crippen molar-refractivity contribution in [3.8, 4) is 0 Å². The summed E-state index contributed by atoms with van der Waals surface area (Å²) in [5.41, 5.74) is 3.95. The highest BCUT2D eigenvalue weighted by Crippen LogP contribution is 2.29. The first-order valence-electron chi connectivity index (χ1n) is 5.92. The van der Waals surface area contributed by atoms with Crippen LogP contribution in [0.4, 0.5) is 10.1 Å². The molecule has 100 valence electrons. The zero-order valence-corrected chi connectivity index (χ0v) is 13.1. The molecule has 0 saturated carbocycles. The third kappa shape index (κ3) is 3.48. The Kier molecular flexibility index (Phi) is 4.48. The van der Waals surface area contributed by atoms with E-state index in [1.165, 1.54) is 12.1 Å². The Labute approximate surface area is 125 Å². The van der Waals surface area contributed by atoms with Crippen LogP contribution in [0.5, 0.6) is 0 Å². The number of hydrogen-bond acceptors (Lipinski definition) is 1. The van der Waals surface area contributed by atoms with Gasteiger partial charge in [0.15, 0.2) is 0 Å². The highest BCUT2D eigenvalue weighted by molar-refractivity contribution is 9.10. The third-order valence-electron chi connectivity index (χ3n) is 3.02. The van der Waals surface area contributed by atoms with E-state index in [0.717, 1.165) is 31.9 Å². The molecule has 0 radical (unpaired) electrons. The maximum Gasteiger partial charge on any atom is 0.123 e. The molecule has 1 nitrogen and oxygen atoms in total. The van der Waals surface area contributed by atoms with Crippen LogP contribution in [0.2, 0.25) is 5.02 Å². The molecular weight excluding hydrogens is 329 g/mol. The van der Waals surface area contributed by atoms with E-state index >= 15 is 0 Å². The molecule has 2 aromatic carbocycles. The second kappa shape index (κ2) is 5.93. The first-order chi connectivity index (χ1) is 8.97. The van der Waals surface area contributed by atoms with Crippen molar-refractivity contribution < 1.29 is 4.39 Å². The average Bonchev–Trinajstić information content (AvgIpc) is 2.34. The van der Waals surface area contributed by atoms with Gasteiger partial charge in [0.1, 0.15) is 5.82 Å². The molecule has 0 aliphatic heterocycles. The van der Waals surface area contributed by atoms with Gasteiger partial charge in [-0.1, -0.05) is 17.7 Å². The fraction of sp³-hybridized carbons (Fsp3) is 0.200. The van der Waals surface area contributed by atoms with E-state index < -0.39 is 0 Å². The molecule has 0 heterocycles. The monoisotopic (exact) mass is 341 g/mol. The van der Waals surface area contributed by atoms with E-state index in [9.17, 15) is 4.39 Å². The molecule has 0 bridgehead atoms. The summed E-state index contributed by atoms with van der Waals surface area (Å²) in [4.78, 5) is 0. The van der Waals surface area contributed by atoms with Gasteiger partial charge in [-0.05, 0) is 70.7 Å². The zero-order chi connectivity index (χ0) is 14.0. The number of benzene rings is 2. The maximum absolute atomic E-state index is 13.0. The lowest BCUT2D eigenvalue weighted by atomic mass is 10.1. The Hall–Kier alpha value is -1.06. The van der Waals surface area contributed by atoms with Gasteiger partial charge >= 0.3 is 0 Å². The van der Waals surface area contributed by atoms with Crippen molar-refractivity contribution in [1.82, 2.24) is 0 Å². The molecule has 0 saturated heterocycles. The highest BCUT2D eigenvalue weighted by atomic mass is 79.9. The smallest absolute Gasteiger partial charge is 0.123 e. The van der Waals surface area contributed by atoms with Gasteiger partial charge < -0.3 is 5.32 Å². The predicted octanol–water partition coefficient (Wildman–Crippen LogP) is 5.47. The molecule has 0 amide bonds. The van der Waals surface area contributed by atoms with Gasteiger partial charge in [-0.3, -0.25) is 0 Å². The van der Waals surface area contributed by atoms with Gasteiger partial charge in [0.25, 0.3) is 0 Å². The molecule has 0 unspecified atom stereocenters. The summed E-state index contributed by atoms with van der Waals surface area (Å²) < 4.78 is 14.0. The van der Waals surface area contributed by atoms with Crippen LogP contribution in [0.3, 0.4) is 0 Å². The Bertz CT molecular complexity index is 613. The molecule has 1 N–H and O–H groups in total. The first-order valence-corrected chi connectivity index (χ1v) is 7.09. The number of aryl methyl sites for hydroxylation is 2. The van der Waals surface area contributed by atoms with Crippen molar-refractivity contribution in [2.24, 2.45) is 0 Å². The third-order valence-corrected chi connectivity index (χ3v) is 4.09. The maximum atomic E-state index is 13.0. The van der Waals surface area contributed by atoms with E-state index in [-0.39, 0.29) is 5.82 Å². The van der Waals surface area contributed by atoms with Crippen molar-refractivity contribution in [1.29, 1.82) is 0 Å². The normalized spacial score (nSPS) is 10.6. The molecule has 0 aliphatic carbocycles. The molecule has 4 heteroatoms. The minimum Gasteiger partial charge on any atom is -0.380 e. The number of anilines is 1. The van der Waals surface area contributed by atoms with Crippen LogP contribution in [0.15, 0.2) is 34.8 Å². The SMILES string of the molecule is Cc1cc(Br)c(NCc2ccc(F)cc2C)cc1Cl. The summed E-state index contributed by atoms with van der Waals surface area (Å²) in [5.74, 6) is -0.208. The molecule has 2 aromatic rings. The Morgan fingerprint density at radius 3 is 2.58 bits per heavy atom. The van der Waals surface area contributed by atoms with Crippen molar-refractivity contribution in [3.05, 3.63) is 62.3 Å². The molecule has 0 aliphatic rings. The molecule has 0 spiro atoms. The van der Waals surface area contributed by atoms with Crippen molar-refractivity contribution >= 4 is 33.2 Å². The average molecular weight is 343 g/mol. The van der Waals surface area contributed by atoms with Crippen LogP contribution in [0.25, 0.3) is 0 Å². The quantitative estimate of drug-likeness (QED) is 0.780. The molecular formula is C15H14BrClFN. The van der Waals surface area contributed by atoms with Crippen LogP contribution in [-0.2, 0) is 6.54 Å². The first kappa shape index (κ1) is 14.4. The Morgan fingerprint density at radius 2 is 1.89 bits per heavy atom. The minimum atomic E-state index is -0.208. The van der Waals surface area contributed by atoms with Crippen molar-refractivity contribution in [2.75, 3.05) is 5.32 Å². The van der Waals surface area contributed by atoms with E-state index in [4.69, 9.17) is 11.6 Å². The summed E-state index contributed by atoms with van der Waals surface area (Å²) >= 11 is 9.61. The van der Waals surface area contributed by atoms with Crippen molar-refractivity contribution in [3.63, 3.8) is 0 Å². The fourth-order valence-corrected chi connectivity index (χ4v) is 2.59. The molecule has 0 aromatic heterocycles. The number of rotatable bonds is 3. The van der Waals surface area contributed by atoms with Gasteiger partial charge in [0.05, 0.1) is 5.69 Å². The number of halogens is 3. The summed E-state index contributed by atoms with van der Waals surface area (Å²) in [6.45, 7) is 4.49. The lowest BCUT2D eigenvalue weighted by Gasteiger charge is -2.12. The van der Waals surface area contributed by atoms with Crippen LogP contribution >= 0.6 is 27.5 Å². The summed E-state index contributed by atoms with van der Waals surface area (Å²) in [6.07, 6.45) is 0. The molecule has 0 fully saturated rings. The second-order valence-electron chi connectivity index (χ2n) is 4.51. The number of hydrogen-bond donors (Lipinski definition) is 1. The standard InChI is InChI=1S/C15H14BrClFN/c1-9-5-12(18)4-3-11(9)8-19-15-7-14(17)10(2)6-13(15)16/h3-7,19H,8H2,1-2H3. The van der Waals surface area contributed by atoms with Crippen LogP contribution < -0.4 is 5.32 Å².